The van der Waals surface area contributed by atoms with Crippen LogP contribution >= 0.6 is 0 Å². The lowest BCUT2D eigenvalue weighted by molar-refractivity contribution is 0.0960. The molecular formula is C13H17NO. The Balaban J connectivity index is 1.92. The Kier molecular flexibility index (Phi) is 3.80. The van der Waals surface area contributed by atoms with Gasteiger partial charge >= 0.3 is 0 Å². The molecular weight excluding hydrogens is 186 g/mol. The summed E-state index contributed by atoms with van der Waals surface area (Å²) in [6.07, 6.45) is 16.7. The summed E-state index contributed by atoms with van der Waals surface area (Å²) < 4.78 is 5.92. The van der Waals surface area contributed by atoms with Gasteiger partial charge in [0.25, 0.3) is 0 Å². The second-order valence-corrected chi connectivity index (χ2v) is 3.77. The fourth-order valence-electron chi connectivity index (χ4n) is 1.73. The predicted octanol–water partition coefficient (Wildman–Crippen LogP) is 2.32. The summed E-state index contributed by atoms with van der Waals surface area (Å²) in [6.45, 7) is 2.13. The summed E-state index contributed by atoms with van der Waals surface area (Å²) in [6, 6.07) is 0. The number of hydrogen-bond acceptors (Lipinski definition) is 2. The van der Waals surface area contributed by atoms with Crippen molar-refractivity contribution in [1.29, 1.82) is 0 Å². The number of allylic oxidation sites excluding steroid dienone is 7. The molecule has 1 aliphatic carbocycles. The van der Waals surface area contributed by atoms with E-state index in [0.717, 1.165) is 31.7 Å². The van der Waals surface area contributed by atoms with Crippen molar-refractivity contribution in [2.24, 2.45) is 0 Å². The molecule has 0 aromatic rings. The molecule has 1 saturated heterocycles. The van der Waals surface area contributed by atoms with Gasteiger partial charge in [-0.3, -0.25) is 0 Å². The van der Waals surface area contributed by atoms with Gasteiger partial charge in [-0.15, -0.1) is 0 Å². The molecule has 0 unspecified atom stereocenters. The van der Waals surface area contributed by atoms with Crippen LogP contribution in [0.1, 0.15) is 12.8 Å². The lowest BCUT2D eigenvalue weighted by atomic mass is 10.1. The predicted molar refractivity (Wildman–Crippen MR) is 62.5 cm³/mol. The molecule has 1 fully saturated rings. The molecule has 2 nitrogen and oxygen atoms in total. The van der Waals surface area contributed by atoms with E-state index in [-0.39, 0.29) is 0 Å². The highest BCUT2D eigenvalue weighted by Crippen LogP contribution is 2.14. The molecule has 80 valence electrons. The highest BCUT2D eigenvalue weighted by Gasteiger charge is 2.14. The van der Waals surface area contributed by atoms with Crippen molar-refractivity contribution < 1.29 is 4.74 Å². The van der Waals surface area contributed by atoms with E-state index < -0.39 is 0 Å². The number of hydrogen-bond donors (Lipinski definition) is 1. The first-order valence-corrected chi connectivity index (χ1v) is 5.54. The first-order valence-electron chi connectivity index (χ1n) is 5.54. The van der Waals surface area contributed by atoms with Gasteiger partial charge < -0.3 is 10.1 Å². The third kappa shape index (κ3) is 3.40. The van der Waals surface area contributed by atoms with Gasteiger partial charge in [0.2, 0.25) is 0 Å². The van der Waals surface area contributed by atoms with Crippen LogP contribution in [-0.2, 0) is 4.74 Å². The van der Waals surface area contributed by atoms with Gasteiger partial charge in [0.15, 0.2) is 0 Å². The first kappa shape index (κ1) is 10.2. The maximum atomic E-state index is 5.92. The van der Waals surface area contributed by atoms with E-state index in [1.165, 1.54) is 0 Å². The van der Waals surface area contributed by atoms with Crippen molar-refractivity contribution in [3.63, 3.8) is 0 Å². The van der Waals surface area contributed by atoms with Crippen molar-refractivity contribution in [3.8, 4) is 0 Å². The van der Waals surface area contributed by atoms with Crippen LogP contribution in [0, 0.1) is 0 Å². The van der Waals surface area contributed by atoms with E-state index in [9.17, 15) is 0 Å². The van der Waals surface area contributed by atoms with Gasteiger partial charge in [0, 0.05) is 0 Å². The standard InChI is InChI=1S/C13H17NO/c1-2-4-6-12(7-5-3-1)15-13-8-10-14-11-9-13/h1-7,13-14H,8-11H2/b2-1-,3-1?,4-2?,5-3-,6-4-,7-5?,12-6?,12-7+. The fraction of sp³-hybridized carbons (Fsp3) is 0.385. The Morgan fingerprint density at radius 3 is 2.60 bits per heavy atom. The molecule has 1 aliphatic heterocycles. The third-order valence-electron chi connectivity index (χ3n) is 2.55. The number of piperidine rings is 1. The summed E-state index contributed by atoms with van der Waals surface area (Å²) in [5, 5.41) is 3.33. The number of rotatable bonds is 2. The highest BCUT2D eigenvalue weighted by atomic mass is 16.5. The molecule has 0 saturated carbocycles. The average Bonchev–Trinajstić information content (AvgIpc) is 2.23. The van der Waals surface area contributed by atoms with Crippen LogP contribution < -0.4 is 5.32 Å². The molecule has 0 atom stereocenters. The second-order valence-electron chi connectivity index (χ2n) is 3.77. The SMILES string of the molecule is C1=C\C=C/C(OC2CCNCC2)=C\C=C/1. The molecule has 0 bridgehead atoms. The molecule has 1 heterocycles. The average molecular weight is 203 g/mol. The van der Waals surface area contributed by atoms with Gasteiger partial charge in [-0.2, -0.15) is 0 Å². The molecule has 0 aromatic carbocycles. The Bertz CT molecular complexity index is 306. The van der Waals surface area contributed by atoms with Gasteiger partial charge in [-0.25, -0.2) is 0 Å². The van der Waals surface area contributed by atoms with E-state index >= 15 is 0 Å². The summed E-state index contributed by atoms with van der Waals surface area (Å²) in [5.41, 5.74) is 0. The van der Waals surface area contributed by atoms with Crippen LogP contribution in [0.3, 0.4) is 0 Å². The van der Waals surface area contributed by atoms with E-state index in [1.807, 2.05) is 42.5 Å². The van der Waals surface area contributed by atoms with Crippen LogP contribution in [0.25, 0.3) is 0 Å². The summed E-state index contributed by atoms with van der Waals surface area (Å²) in [4.78, 5) is 0. The Labute approximate surface area is 91.0 Å². The fourth-order valence-corrected chi connectivity index (χ4v) is 1.73. The minimum Gasteiger partial charge on any atom is -0.490 e. The van der Waals surface area contributed by atoms with Crippen molar-refractivity contribution in [1.82, 2.24) is 5.32 Å². The van der Waals surface area contributed by atoms with Gasteiger partial charge in [0.1, 0.15) is 11.9 Å². The lowest BCUT2D eigenvalue weighted by Crippen LogP contribution is -2.32. The van der Waals surface area contributed by atoms with Gasteiger partial charge in [-0.1, -0.05) is 30.4 Å². The van der Waals surface area contributed by atoms with E-state index in [4.69, 9.17) is 4.74 Å². The minimum atomic E-state index is 0.374. The van der Waals surface area contributed by atoms with Crippen LogP contribution in [-0.4, -0.2) is 19.2 Å². The molecule has 2 rings (SSSR count). The Morgan fingerprint density at radius 1 is 1.00 bits per heavy atom. The summed E-state index contributed by atoms with van der Waals surface area (Å²) in [5.74, 6) is 0.961. The number of nitrogens with one attached hydrogen (secondary N) is 1. The van der Waals surface area contributed by atoms with Crippen LogP contribution in [0.4, 0.5) is 0 Å². The van der Waals surface area contributed by atoms with E-state index in [1.54, 1.807) is 0 Å². The van der Waals surface area contributed by atoms with Gasteiger partial charge in [0.05, 0.1) is 0 Å². The highest BCUT2D eigenvalue weighted by molar-refractivity contribution is 5.27. The zero-order valence-corrected chi connectivity index (χ0v) is 8.86. The Morgan fingerprint density at radius 2 is 1.73 bits per heavy atom. The maximum absolute atomic E-state index is 5.92. The quantitative estimate of drug-likeness (QED) is 0.743. The van der Waals surface area contributed by atoms with Crippen molar-refractivity contribution >= 4 is 0 Å². The number of ether oxygens (including phenoxy) is 1. The molecule has 0 amide bonds. The van der Waals surface area contributed by atoms with E-state index in [0.29, 0.717) is 6.10 Å². The van der Waals surface area contributed by atoms with Crippen molar-refractivity contribution in [3.05, 3.63) is 48.3 Å². The molecule has 0 radical (unpaired) electrons. The minimum absolute atomic E-state index is 0.374. The van der Waals surface area contributed by atoms with Crippen LogP contribution in [0.5, 0.6) is 0 Å². The monoisotopic (exact) mass is 203 g/mol. The first-order chi connectivity index (χ1) is 7.45. The molecule has 2 heteroatoms. The molecule has 2 aliphatic rings. The van der Waals surface area contributed by atoms with Gasteiger partial charge in [-0.05, 0) is 38.1 Å². The van der Waals surface area contributed by atoms with Crippen LogP contribution in [0.2, 0.25) is 0 Å². The zero-order valence-electron chi connectivity index (χ0n) is 8.86. The van der Waals surface area contributed by atoms with Crippen LogP contribution in [0.15, 0.2) is 48.3 Å². The second kappa shape index (κ2) is 5.56. The topological polar surface area (TPSA) is 21.3 Å². The van der Waals surface area contributed by atoms with Crippen molar-refractivity contribution in [2.75, 3.05) is 13.1 Å². The maximum Gasteiger partial charge on any atom is 0.119 e. The Hall–Kier alpha value is -1.28. The zero-order chi connectivity index (χ0) is 10.3. The largest absolute Gasteiger partial charge is 0.490 e. The molecule has 15 heavy (non-hydrogen) atoms. The summed E-state index contributed by atoms with van der Waals surface area (Å²) >= 11 is 0. The molecule has 1 N–H and O–H groups in total. The smallest absolute Gasteiger partial charge is 0.119 e. The molecule has 0 spiro atoms. The van der Waals surface area contributed by atoms with Crippen molar-refractivity contribution in [2.45, 2.75) is 18.9 Å². The van der Waals surface area contributed by atoms with E-state index in [2.05, 4.69) is 5.32 Å². The lowest BCUT2D eigenvalue weighted by Gasteiger charge is -2.24. The third-order valence-corrected chi connectivity index (χ3v) is 2.55. The summed E-state index contributed by atoms with van der Waals surface area (Å²) in [7, 11) is 0. The molecule has 0 aromatic heterocycles. The normalized spacial score (nSPS) is 31.9.